The summed E-state index contributed by atoms with van der Waals surface area (Å²) in [6.45, 7) is 9.87. The molecule has 0 bridgehead atoms. The number of benzene rings is 3. The molecule has 1 unspecified atom stereocenters. The first kappa shape index (κ1) is 37.0. The Bertz CT molecular complexity index is 2000. The average Bonchev–Trinajstić information content (AvgIpc) is 3.63. The van der Waals surface area contributed by atoms with Crippen LogP contribution in [0.25, 0.3) is 0 Å². The molecular formula is C45H52ClN7O3. The largest absolute Gasteiger partial charge is 0.371 e. The molecule has 5 aliphatic heterocycles. The molecule has 3 aromatic rings. The molecule has 292 valence electrons. The van der Waals surface area contributed by atoms with Gasteiger partial charge in [-0.2, -0.15) is 5.26 Å². The van der Waals surface area contributed by atoms with E-state index < -0.39 is 0 Å². The minimum Gasteiger partial charge on any atom is -0.371 e. The second-order valence-corrected chi connectivity index (χ2v) is 17.9. The molecule has 0 aromatic heterocycles. The van der Waals surface area contributed by atoms with Crippen molar-refractivity contribution in [1.82, 2.24) is 15.1 Å². The zero-order valence-electron chi connectivity index (χ0n) is 32.2. The van der Waals surface area contributed by atoms with E-state index in [0.717, 1.165) is 108 Å². The van der Waals surface area contributed by atoms with Gasteiger partial charge in [0.15, 0.2) is 0 Å². The second kappa shape index (κ2) is 15.1. The van der Waals surface area contributed by atoms with Crippen LogP contribution in [0.5, 0.6) is 0 Å². The highest BCUT2D eigenvalue weighted by Gasteiger charge is 2.48. The summed E-state index contributed by atoms with van der Waals surface area (Å²) in [4.78, 5) is 49.5. The Morgan fingerprint density at radius 3 is 1.93 bits per heavy atom. The molecule has 5 heterocycles. The van der Waals surface area contributed by atoms with Gasteiger partial charge in [0.2, 0.25) is 11.8 Å². The van der Waals surface area contributed by atoms with Gasteiger partial charge in [-0.1, -0.05) is 23.7 Å². The maximum absolute atomic E-state index is 13.6. The van der Waals surface area contributed by atoms with Gasteiger partial charge in [0.25, 0.3) is 5.91 Å². The van der Waals surface area contributed by atoms with Crippen molar-refractivity contribution in [3.63, 3.8) is 0 Å². The Morgan fingerprint density at radius 2 is 1.30 bits per heavy atom. The van der Waals surface area contributed by atoms with Gasteiger partial charge in [-0.15, -0.1) is 0 Å². The number of nitrogens with zero attached hydrogens (tertiary/aromatic N) is 6. The average molecular weight is 774 g/mol. The molecule has 0 radical (unpaired) electrons. The van der Waals surface area contributed by atoms with E-state index in [4.69, 9.17) is 11.6 Å². The summed E-state index contributed by atoms with van der Waals surface area (Å²) in [6, 6.07) is 25.3. The SMILES string of the molecule is N#Cc1ccc(N2CCC3(CCN(c4ccc(C(=O)N5CCC6(CC5)CC(N5CCN(c7ccc(C8CCC(=O)NC8=O)cc7)CC5)C6)cc4)CC3)C2)cc1Cl. The van der Waals surface area contributed by atoms with Crippen molar-refractivity contribution in [3.8, 4) is 6.07 Å². The van der Waals surface area contributed by atoms with Crippen molar-refractivity contribution in [2.45, 2.75) is 69.7 Å². The normalized spacial score (nSPS) is 24.0. The first-order valence-electron chi connectivity index (χ1n) is 20.7. The van der Waals surface area contributed by atoms with E-state index >= 15 is 0 Å². The van der Waals surface area contributed by atoms with Crippen LogP contribution in [-0.2, 0) is 9.59 Å². The van der Waals surface area contributed by atoms with Crippen molar-refractivity contribution >= 4 is 46.4 Å². The first-order valence-corrected chi connectivity index (χ1v) is 21.1. The maximum atomic E-state index is 13.6. The number of carbonyl (C=O) groups is 3. The number of carbonyl (C=O) groups excluding carboxylic acids is 3. The maximum Gasteiger partial charge on any atom is 0.253 e. The number of likely N-dealkylation sites (tertiary alicyclic amines) is 1. The standard InChI is InChI=1S/C45H52ClN7O3/c46-40-27-37(10-5-34(40)30-47)53-22-15-44(31-53)13-18-49(19-14-44)35-8-3-33(4-9-35)43(56)52-20-16-45(17-21-52)28-38(29-45)51-25-23-50(24-26-51)36-6-1-32(2-7-36)39-11-12-41(54)48-42(39)55/h1-10,27,38-39H,11-26,28-29,31H2,(H,48,54,55). The van der Waals surface area contributed by atoms with Crippen LogP contribution in [0.4, 0.5) is 17.1 Å². The Kier molecular flexibility index (Phi) is 9.95. The number of nitrogens with one attached hydrogen (secondary N) is 1. The zero-order valence-corrected chi connectivity index (χ0v) is 33.0. The van der Waals surface area contributed by atoms with E-state index in [0.29, 0.717) is 40.3 Å². The van der Waals surface area contributed by atoms with Gasteiger partial charge < -0.3 is 19.6 Å². The Balaban J connectivity index is 0.702. The van der Waals surface area contributed by atoms with E-state index in [-0.39, 0.29) is 23.6 Å². The molecule has 9 rings (SSSR count). The molecular weight excluding hydrogens is 722 g/mol. The molecule has 1 saturated carbocycles. The fourth-order valence-corrected chi connectivity index (χ4v) is 10.9. The van der Waals surface area contributed by atoms with Crippen LogP contribution < -0.4 is 20.0 Å². The molecule has 1 atom stereocenters. The lowest BCUT2D eigenvalue weighted by Crippen LogP contribution is -2.59. The topological polar surface area (TPSA) is 103 Å². The summed E-state index contributed by atoms with van der Waals surface area (Å²) < 4.78 is 0. The van der Waals surface area contributed by atoms with Crippen LogP contribution in [0, 0.1) is 22.2 Å². The summed E-state index contributed by atoms with van der Waals surface area (Å²) in [5.41, 5.74) is 6.49. The molecule has 3 amide bonds. The second-order valence-electron chi connectivity index (χ2n) is 17.5. The van der Waals surface area contributed by atoms with Crippen LogP contribution in [-0.4, -0.2) is 99.0 Å². The molecule has 3 aromatic carbocycles. The van der Waals surface area contributed by atoms with Gasteiger partial charge >= 0.3 is 0 Å². The highest BCUT2D eigenvalue weighted by Crippen LogP contribution is 2.51. The number of anilines is 3. The lowest BCUT2D eigenvalue weighted by molar-refractivity contribution is -0.134. The van der Waals surface area contributed by atoms with E-state index in [1.54, 1.807) is 0 Å². The van der Waals surface area contributed by atoms with Crippen molar-refractivity contribution < 1.29 is 14.4 Å². The van der Waals surface area contributed by atoms with E-state index in [1.807, 2.05) is 30.3 Å². The van der Waals surface area contributed by atoms with Crippen LogP contribution in [0.2, 0.25) is 5.02 Å². The Hall–Kier alpha value is -4.59. The fourth-order valence-electron chi connectivity index (χ4n) is 10.7. The van der Waals surface area contributed by atoms with E-state index in [9.17, 15) is 19.6 Å². The Labute approximate surface area is 335 Å². The molecule has 11 heteroatoms. The van der Waals surface area contributed by atoms with Gasteiger partial charge in [-0.3, -0.25) is 24.6 Å². The van der Waals surface area contributed by atoms with Crippen molar-refractivity contribution in [3.05, 3.63) is 88.4 Å². The van der Waals surface area contributed by atoms with Crippen molar-refractivity contribution in [2.75, 3.05) is 80.1 Å². The van der Waals surface area contributed by atoms with Gasteiger partial charge in [-0.25, -0.2) is 0 Å². The number of hydrogen-bond acceptors (Lipinski definition) is 8. The number of nitriles is 1. The van der Waals surface area contributed by atoms with Gasteiger partial charge in [0.1, 0.15) is 6.07 Å². The molecule has 6 fully saturated rings. The van der Waals surface area contributed by atoms with Gasteiger partial charge in [0.05, 0.1) is 16.5 Å². The summed E-state index contributed by atoms with van der Waals surface area (Å²) in [7, 11) is 0. The van der Waals surface area contributed by atoms with Crippen molar-refractivity contribution in [2.24, 2.45) is 10.8 Å². The van der Waals surface area contributed by atoms with Crippen LogP contribution in [0.15, 0.2) is 66.7 Å². The third-order valence-corrected chi connectivity index (χ3v) is 14.7. The summed E-state index contributed by atoms with van der Waals surface area (Å²) in [6.07, 6.45) is 9.11. The van der Waals surface area contributed by atoms with E-state index in [2.05, 4.69) is 72.3 Å². The summed E-state index contributed by atoms with van der Waals surface area (Å²) in [5.74, 6) is -0.436. The fraction of sp³-hybridized carbons (Fsp3) is 0.511. The third kappa shape index (κ3) is 7.25. The number of imide groups is 1. The third-order valence-electron chi connectivity index (χ3n) is 14.4. The number of hydrogen-bond donors (Lipinski definition) is 1. The number of piperidine rings is 3. The number of piperazine rings is 1. The molecule has 10 nitrogen and oxygen atoms in total. The minimum atomic E-state index is -0.240. The van der Waals surface area contributed by atoms with Gasteiger partial charge in [0, 0.05) is 101 Å². The number of rotatable bonds is 6. The van der Waals surface area contributed by atoms with E-state index in [1.165, 1.54) is 30.6 Å². The van der Waals surface area contributed by atoms with Crippen LogP contribution >= 0.6 is 11.6 Å². The number of halogens is 1. The first-order chi connectivity index (χ1) is 27.2. The zero-order chi connectivity index (χ0) is 38.4. The quantitative estimate of drug-likeness (QED) is 0.286. The molecule has 1 N–H and O–H groups in total. The molecule has 6 aliphatic rings. The lowest BCUT2D eigenvalue weighted by Gasteiger charge is -2.56. The Morgan fingerprint density at radius 1 is 0.714 bits per heavy atom. The predicted octanol–water partition coefficient (Wildman–Crippen LogP) is 6.44. The molecule has 56 heavy (non-hydrogen) atoms. The monoisotopic (exact) mass is 773 g/mol. The van der Waals surface area contributed by atoms with Crippen LogP contribution in [0.1, 0.15) is 85.2 Å². The molecule has 2 spiro atoms. The number of amides is 3. The smallest absolute Gasteiger partial charge is 0.253 e. The van der Waals surface area contributed by atoms with Gasteiger partial charge in [-0.05, 0) is 122 Å². The molecule has 5 saturated heterocycles. The summed E-state index contributed by atoms with van der Waals surface area (Å²) >= 11 is 6.34. The highest BCUT2D eigenvalue weighted by atomic mass is 35.5. The van der Waals surface area contributed by atoms with Crippen LogP contribution in [0.3, 0.4) is 0 Å². The molecule has 1 aliphatic carbocycles. The summed E-state index contributed by atoms with van der Waals surface area (Å²) in [5, 5.41) is 12.2. The lowest BCUT2D eigenvalue weighted by atomic mass is 9.60. The minimum absolute atomic E-state index is 0.162. The highest BCUT2D eigenvalue weighted by molar-refractivity contribution is 6.32. The van der Waals surface area contributed by atoms with Crippen molar-refractivity contribution in [1.29, 1.82) is 5.26 Å². The predicted molar refractivity (Wildman–Crippen MR) is 219 cm³/mol.